The minimum Gasteiger partial charge on any atom is -0.341 e. The highest BCUT2D eigenvalue weighted by Crippen LogP contribution is 2.12. The zero-order valence-corrected chi connectivity index (χ0v) is 14.8. The molecule has 1 aromatic heterocycles. The summed E-state index contributed by atoms with van der Waals surface area (Å²) in [5.41, 5.74) is 1.61. The molecule has 2 aromatic rings. The molecule has 1 fully saturated rings. The highest BCUT2D eigenvalue weighted by atomic mass is 16.2. The number of aromatic nitrogens is 2. The van der Waals surface area contributed by atoms with E-state index < -0.39 is 0 Å². The number of amides is 2. The molecule has 0 saturated carbocycles. The minimum absolute atomic E-state index is 0.0326. The number of hydrogen-bond acceptors (Lipinski definition) is 3. The lowest BCUT2D eigenvalue weighted by atomic mass is 10.3. The van der Waals surface area contributed by atoms with Crippen LogP contribution < -0.4 is 5.69 Å². The fourth-order valence-electron chi connectivity index (χ4n) is 3.43. The molecule has 3 rings (SSSR count). The highest BCUT2D eigenvalue weighted by molar-refractivity contribution is 5.78. The van der Waals surface area contributed by atoms with Crippen LogP contribution >= 0.6 is 0 Å². The number of rotatable bonds is 3. The minimum atomic E-state index is -0.104. The van der Waals surface area contributed by atoms with E-state index in [9.17, 15) is 14.4 Å². The van der Waals surface area contributed by atoms with Crippen LogP contribution in [0.5, 0.6) is 0 Å². The molecule has 134 valence electrons. The second-order valence-electron chi connectivity index (χ2n) is 6.47. The molecule has 0 N–H and O–H groups in total. The topological polar surface area (TPSA) is 67.6 Å². The van der Waals surface area contributed by atoms with E-state index in [-0.39, 0.29) is 23.9 Å². The van der Waals surface area contributed by atoms with E-state index in [1.54, 1.807) is 32.9 Å². The Hall–Kier alpha value is -2.57. The number of para-hydroxylation sites is 2. The summed E-state index contributed by atoms with van der Waals surface area (Å²) in [6.07, 6.45) is 1.08. The van der Waals surface area contributed by atoms with Crippen molar-refractivity contribution < 1.29 is 9.59 Å². The summed E-state index contributed by atoms with van der Waals surface area (Å²) >= 11 is 0. The fourth-order valence-corrected chi connectivity index (χ4v) is 3.43. The molecule has 0 atom stereocenters. The van der Waals surface area contributed by atoms with Gasteiger partial charge in [0.2, 0.25) is 11.8 Å². The Morgan fingerprint density at radius 1 is 1.00 bits per heavy atom. The number of benzene rings is 1. The standard InChI is InChI=1S/C18H24N4O3/c1-14(23)20-9-5-10-21(13-12-20)17(24)8-11-22-16-7-4-3-6-15(16)19(2)18(22)25/h3-4,6-7H,5,8-13H2,1-2H3. The fraction of sp³-hybridized carbons (Fsp3) is 0.500. The van der Waals surface area contributed by atoms with Gasteiger partial charge in [0.05, 0.1) is 11.0 Å². The number of fused-ring (bicyclic) bond motifs is 1. The summed E-state index contributed by atoms with van der Waals surface area (Å²) in [5, 5.41) is 0. The molecule has 2 amide bonds. The normalized spacial score (nSPS) is 15.4. The molecule has 1 aromatic carbocycles. The lowest BCUT2D eigenvalue weighted by Gasteiger charge is -2.21. The summed E-state index contributed by atoms with van der Waals surface area (Å²) in [6, 6.07) is 7.60. The van der Waals surface area contributed by atoms with E-state index >= 15 is 0 Å². The number of carbonyl (C=O) groups is 2. The number of carbonyl (C=O) groups excluding carboxylic acids is 2. The van der Waals surface area contributed by atoms with Crippen molar-refractivity contribution in [2.45, 2.75) is 26.3 Å². The third kappa shape index (κ3) is 3.45. The van der Waals surface area contributed by atoms with Gasteiger partial charge in [0.1, 0.15) is 0 Å². The number of aryl methyl sites for hydroxylation is 2. The average Bonchev–Trinajstić information content (AvgIpc) is 2.78. The van der Waals surface area contributed by atoms with Crippen LogP contribution in [0.1, 0.15) is 19.8 Å². The molecule has 0 radical (unpaired) electrons. The first-order chi connectivity index (χ1) is 12.0. The molecule has 1 aliphatic rings. The molecule has 0 bridgehead atoms. The van der Waals surface area contributed by atoms with Crippen molar-refractivity contribution in [3.8, 4) is 0 Å². The van der Waals surface area contributed by atoms with Gasteiger partial charge >= 0.3 is 5.69 Å². The van der Waals surface area contributed by atoms with Gasteiger partial charge in [-0.15, -0.1) is 0 Å². The van der Waals surface area contributed by atoms with Crippen LogP contribution in [-0.4, -0.2) is 56.9 Å². The molecule has 0 aliphatic carbocycles. The smallest absolute Gasteiger partial charge is 0.328 e. The van der Waals surface area contributed by atoms with Crippen LogP contribution in [0.2, 0.25) is 0 Å². The van der Waals surface area contributed by atoms with Crippen LogP contribution in [0, 0.1) is 0 Å². The van der Waals surface area contributed by atoms with Crippen molar-refractivity contribution in [2.24, 2.45) is 7.05 Å². The molecule has 1 aliphatic heterocycles. The van der Waals surface area contributed by atoms with Crippen molar-refractivity contribution in [3.63, 3.8) is 0 Å². The quantitative estimate of drug-likeness (QED) is 0.828. The van der Waals surface area contributed by atoms with Crippen LogP contribution in [0.15, 0.2) is 29.1 Å². The van der Waals surface area contributed by atoms with Crippen molar-refractivity contribution in [1.29, 1.82) is 0 Å². The first-order valence-corrected chi connectivity index (χ1v) is 8.66. The van der Waals surface area contributed by atoms with E-state index in [0.29, 0.717) is 32.7 Å². The molecule has 25 heavy (non-hydrogen) atoms. The van der Waals surface area contributed by atoms with E-state index in [4.69, 9.17) is 0 Å². The molecule has 7 nitrogen and oxygen atoms in total. The summed E-state index contributed by atoms with van der Waals surface area (Å²) in [7, 11) is 1.74. The number of nitrogens with zero attached hydrogens (tertiary/aromatic N) is 4. The van der Waals surface area contributed by atoms with Crippen molar-refractivity contribution in [1.82, 2.24) is 18.9 Å². The highest BCUT2D eigenvalue weighted by Gasteiger charge is 2.20. The summed E-state index contributed by atoms with van der Waals surface area (Å²) in [4.78, 5) is 40.0. The van der Waals surface area contributed by atoms with Gasteiger partial charge in [-0.2, -0.15) is 0 Å². The average molecular weight is 344 g/mol. The number of hydrogen-bond donors (Lipinski definition) is 0. The van der Waals surface area contributed by atoms with Gasteiger partial charge in [0, 0.05) is 53.1 Å². The summed E-state index contributed by atoms with van der Waals surface area (Å²) in [5.74, 6) is 0.0850. The SMILES string of the molecule is CC(=O)N1CCCN(C(=O)CCn2c(=O)n(C)c3ccccc32)CC1. The molecule has 0 spiro atoms. The van der Waals surface area contributed by atoms with Crippen molar-refractivity contribution in [3.05, 3.63) is 34.7 Å². The Bertz CT molecular complexity index is 852. The zero-order chi connectivity index (χ0) is 18.0. The van der Waals surface area contributed by atoms with Gasteiger partial charge in [0.25, 0.3) is 0 Å². The second-order valence-corrected chi connectivity index (χ2v) is 6.47. The van der Waals surface area contributed by atoms with Crippen LogP contribution in [-0.2, 0) is 23.2 Å². The van der Waals surface area contributed by atoms with Crippen LogP contribution in [0.3, 0.4) is 0 Å². The summed E-state index contributed by atoms with van der Waals surface area (Å²) < 4.78 is 3.27. The Morgan fingerprint density at radius 3 is 2.36 bits per heavy atom. The monoisotopic (exact) mass is 344 g/mol. The van der Waals surface area contributed by atoms with Gasteiger partial charge in [-0.3, -0.25) is 18.7 Å². The van der Waals surface area contributed by atoms with Gasteiger partial charge in [0.15, 0.2) is 0 Å². The summed E-state index contributed by atoms with van der Waals surface area (Å²) in [6.45, 7) is 4.42. The zero-order valence-electron chi connectivity index (χ0n) is 14.8. The Kier molecular flexibility index (Phi) is 4.92. The molecule has 0 unspecified atom stereocenters. The van der Waals surface area contributed by atoms with E-state index in [0.717, 1.165) is 17.5 Å². The Labute approximate surface area is 146 Å². The third-order valence-electron chi connectivity index (χ3n) is 4.89. The molecular formula is C18H24N4O3. The maximum Gasteiger partial charge on any atom is 0.328 e. The lowest BCUT2D eigenvalue weighted by molar-refractivity contribution is -0.132. The van der Waals surface area contributed by atoms with Crippen molar-refractivity contribution in [2.75, 3.05) is 26.2 Å². The third-order valence-corrected chi connectivity index (χ3v) is 4.89. The first kappa shape index (κ1) is 17.3. The van der Waals surface area contributed by atoms with E-state index in [1.165, 1.54) is 0 Å². The van der Waals surface area contributed by atoms with Crippen molar-refractivity contribution >= 4 is 22.8 Å². The maximum atomic E-state index is 12.6. The molecule has 7 heteroatoms. The predicted octanol–water partition coefficient (Wildman–Crippen LogP) is 0.811. The van der Waals surface area contributed by atoms with Gasteiger partial charge in [-0.25, -0.2) is 4.79 Å². The maximum absolute atomic E-state index is 12.6. The predicted molar refractivity (Wildman–Crippen MR) is 95.2 cm³/mol. The van der Waals surface area contributed by atoms with Gasteiger partial charge in [-0.05, 0) is 18.6 Å². The molecular weight excluding hydrogens is 320 g/mol. The first-order valence-electron chi connectivity index (χ1n) is 8.66. The van der Waals surface area contributed by atoms with E-state index in [2.05, 4.69) is 0 Å². The lowest BCUT2D eigenvalue weighted by Crippen LogP contribution is -2.37. The Morgan fingerprint density at radius 2 is 1.64 bits per heavy atom. The Balaban J connectivity index is 1.68. The molecule has 2 heterocycles. The van der Waals surface area contributed by atoms with Gasteiger partial charge < -0.3 is 9.80 Å². The number of imidazole rings is 1. The van der Waals surface area contributed by atoms with E-state index in [1.807, 2.05) is 24.3 Å². The van der Waals surface area contributed by atoms with Gasteiger partial charge in [-0.1, -0.05) is 12.1 Å². The van der Waals surface area contributed by atoms with Crippen LogP contribution in [0.4, 0.5) is 0 Å². The second kappa shape index (κ2) is 7.13. The molecule has 1 saturated heterocycles. The van der Waals surface area contributed by atoms with Crippen LogP contribution in [0.25, 0.3) is 11.0 Å². The largest absolute Gasteiger partial charge is 0.341 e.